The number of rotatable bonds is 8. The Hall–Kier alpha value is -1.87. The molecule has 1 aromatic heterocycles. The number of hydrogen-bond acceptors (Lipinski definition) is 7. The fraction of sp³-hybridized carbons (Fsp3) is 0.200. The maximum Gasteiger partial charge on any atom is 0.250 e. The summed E-state index contributed by atoms with van der Waals surface area (Å²) in [5.41, 5.74) is 3.94. The molecule has 162 valence electrons. The van der Waals surface area contributed by atoms with Gasteiger partial charge >= 0.3 is 0 Å². The quantitative estimate of drug-likeness (QED) is 0.163. The third-order valence-electron chi connectivity index (χ3n) is 4.16. The lowest BCUT2D eigenvalue weighted by atomic mass is 10.2. The number of hydrazone groups is 1. The molecule has 0 atom stereocenters. The number of ether oxygens (including phenoxy) is 1. The van der Waals surface area contributed by atoms with E-state index in [0.29, 0.717) is 17.3 Å². The molecule has 1 heterocycles. The van der Waals surface area contributed by atoms with E-state index in [4.69, 9.17) is 4.74 Å². The number of thioether (sulfide) groups is 1. The van der Waals surface area contributed by atoms with Crippen LogP contribution in [0.2, 0.25) is 0 Å². The first-order valence-electron chi connectivity index (χ1n) is 9.13. The lowest BCUT2D eigenvalue weighted by Gasteiger charge is -2.07. The average molecular weight is 663 g/mol. The summed E-state index contributed by atoms with van der Waals surface area (Å²) in [5, 5.41) is 23.2. The Morgan fingerprint density at radius 2 is 2.03 bits per heavy atom. The van der Waals surface area contributed by atoms with E-state index < -0.39 is 0 Å². The molecule has 0 aliphatic rings. The van der Waals surface area contributed by atoms with Crippen molar-refractivity contribution < 1.29 is 14.6 Å². The summed E-state index contributed by atoms with van der Waals surface area (Å²) in [4.78, 5) is 12.2. The van der Waals surface area contributed by atoms with Crippen molar-refractivity contribution in [3.8, 4) is 22.9 Å². The van der Waals surface area contributed by atoms with E-state index in [1.807, 2.05) is 64.4 Å². The minimum absolute atomic E-state index is 0.133. The van der Waals surface area contributed by atoms with Crippen LogP contribution in [0.15, 0.2) is 46.7 Å². The van der Waals surface area contributed by atoms with Gasteiger partial charge in [-0.1, -0.05) is 11.8 Å². The maximum atomic E-state index is 12.2. The van der Waals surface area contributed by atoms with Crippen LogP contribution in [-0.2, 0) is 11.3 Å². The van der Waals surface area contributed by atoms with Gasteiger partial charge in [-0.2, -0.15) is 5.10 Å². The minimum atomic E-state index is -0.280. The number of nitrogens with one attached hydrogen (secondary N) is 1. The van der Waals surface area contributed by atoms with Gasteiger partial charge < -0.3 is 14.4 Å². The number of nitrogens with zero attached hydrogens (tertiary/aromatic N) is 4. The van der Waals surface area contributed by atoms with E-state index in [9.17, 15) is 9.90 Å². The van der Waals surface area contributed by atoms with E-state index in [2.05, 4.69) is 43.3 Å². The number of methoxy groups -OCH3 is 1. The molecule has 0 fully saturated rings. The number of amides is 1. The maximum absolute atomic E-state index is 12.2. The molecule has 2 N–H and O–H groups in total. The number of carbonyl (C=O) groups is 1. The highest BCUT2D eigenvalue weighted by molar-refractivity contribution is 14.1. The number of carbonyl (C=O) groups excluding carboxylic acids is 1. The highest BCUT2D eigenvalue weighted by atomic mass is 127. The molecule has 0 saturated heterocycles. The molecule has 3 rings (SSSR count). The number of benzene rings is 2. The number of aromatic nitrogens is 3. The van der Waals surface area contributed by atoms with Crippen LogP contribution in [0.5, 0.6) is 11.5 Å². The van der Waals surface area contributed by atoms with Crippen molar-refractivity contribution in [3.63, 3.8) is 0 Å². The second-order valence-corrected chi connectivity index (χ2v) is 9.54. The third-order valence-corrected chi connectivity index (χ3v) is 6.58. The Bertz CT molecular complexity index is 1100. The molecule has 0 radical (unpaired) electrons. The van der Waals surface area contributed by atoms with Crippen LogP contribution >= 0.6 is 56.9 Å². The Balaban J connectivity index is 1.62. The van der Waals surface area contributed by atoms with Gasteiger partial charge in [-0.05, 0) is 88.5 Å². The number of phenols is 1. The Morgan fingerprint density at radius 3 is 2.71 bits per heavy atom. The molecule has 0 bridgehead atoms. The lowest BCUT2D eigenvalue weighted by molar-refractivity contribution is -0.118. The van der Waals surface area contributed by atoms with Crippen LogP contribution in [0, 0.1) is 7.14 Å². The van der Waals surface area contributed by atoms with Crippen molar-refractivity contribution in [2.24, 2.45) is 5.10 Å². The molecule has 8 nitrogen and oxygen atoms in total. The van der Waals surface area contributed by atoms with E-state index >= 15 is 0 Å². The second kappa shape index (κ2) is 11.1. The van der Waals surface area contributed by atoms with Gasteiger partial charge in [0.15, 0.2) is 11.0 Å². The molecule has 0 spiro atoms. The van der Waals surface area contributed by atoms with Gasteiger partial charge in [0.25, 0.3) is 5.91 Å². The van der Waals surface area contributed by atoms with E-state index in [-0.39, 0.29) is 17.4 Å². The number of phenolic OH excluding ortho intramolecular Hbond substituents is 1. The number of halogens is 2. The Morgan fingerprint density at radius 1 is 1.29 bits per heavy atom. The molecule has 0 unspecified atom stereocenters. The fourth-order valence-corrected chi connectivity index (χ4v) is 5.34. The summed E-state index contributed by atoms with van der Waals surface area (Å²) >= 11 is 5.49. The van der Waals surface area contributed by atoms with Crippen molar-refractivity contribution >= 4 is 69.1 Å². The summed E-state index contributed by atoms with van der Waals surface area (Å²) < 4.78 is 8.84. The summed E-state index contributed by atoms with van der Waals surface area (Å²) in [5.74, 6) is 1.49. The fourth-order valence-electron chi connectivity index (χ4n) is 2.65. The first-order chi connectivity index (χ1) is 14.9. The van der Waals surface area contributed by atoms with Crippen LogP contribution in [-0.4, -0.2) is 44.9 Å². The molecule has 0 aliphatic carbocycles. The van der Waals surface area contributed by atoms with Gasteiger partial charge in [-0.25, -0.2) is 5.43 Å². The van der Waals surface area contributed by atoms with Gasteiger partial charge in [0, 0.05) is 21.2 Å². The number of aromatic hydroxyl groups is 1. The molecule has 3 aromatic rings. The molecule has 2 aromatic carbocycles. The van der Waals surface area contributed by atoms with E-state index in [0.717, 1.165) is 24.3 Å². The van der Waals surface area contributed by atoms with Crippen molar-refractivity contribution in [3.05, 3.63) is 49.1 Å². The molecular formula is C20H19I2N5O3S. The van der Waals surface area contributed by atoms with E-state index in [1.165, 1.54) is 18.0 Å². The van der Waals surface area contributed by atoms with Crippen molar-refractivity contribution in [1.82, 2.24) is 20.2 Å². The Kier molecular flexibility index (Phi) is 8.54. The molecule has 1 amide bonds. The van der Waals surface area contributed by atoms with Crippen molar-refractivity contribution in [1.29, 1.82) is 0 Å². The zero-order valence-corrected chi connectivity index (χ0v) is 21.8. The highest BCUT2D eigenvalue weighted by Gasteiger charge is 2.14. The molecule has 11 heteroatoms. The molecule has 0 saturated carbocycles. The van der Waals surface area contributed by atoms with E-state index in [1.54, 1.807) is 13.2 Å². The van der Waals surface area contributed by atoms with Crippen LogP contribution in [0.4, 0.5) is 0 Å². The molecular weight excluding hydrogens is 644 g/mol. The average Bonchev–Trinajstić information content (AvgIpc) is 3.18. The van der Waals surface area contributed by atoms with Crippen molar-refractivity contribution in [2.75, 3.05) is 12.9 Å². The lowest BCUT2D eigenvalue weighted by Crippen LogP contribution is -2.20. The predicted octanol–water partition coefficient (Wildman–Crippen LogP) is 4.13. The summed E-state index contributed by atoms with van der Waals surface area (Å²) in [6.07, 6.45) is 1.43. The highest BCUT2D eigenvalue weighted by Crippen LogP contribution is 2.26. The predicted molar refractivity (Wildman–Crippen MR) is 138 cm³/mol. The normalized spacial score (nSPS) is 11.1. The molecule has 0 aliphatic heterocycles. The van der Waals surface area contributed by atoms with Crippen LogP contribution in [0.3, 0.4) is 0 Å². The zero-order chi connectivity index (χ0) is 22.4. The van der Waals surface area contributed by atoms with Gasteiger partial charge in [-0.3, -0.25) is 4.79 Å². The van der Waals surface area contributed by atoms with Crippen LogP contribution < -0.4 is 10.2 Å². The van der Waals surface area contributed by atoms with Gasteiger partial charge in [0.05, 0.1) is 22.6 Å². The topological polar surface area (TPSA) is 102 Å². The SMILES string of the molecule is CCn1c(SCC(=O)NN=Cc2cc(I)cc(I)c2O)nnc1-c1ccc(OC)cc1. The van der Waals surface area contributed by atoms with Gasteiger partial charge in [0.2, 0.25) is 0 Å². The standard InChI is InChI=1S/C20H19I2N5O3S/c1-3-27-19(12-4-6-15(30-2)7-5-12)25-26-20(27)31-11-17(28)24-23-10-13-8-14(21)9-16(22)18(13)29/h4-10,29H,3,11H2,1-2H3,(H,24,28). The van der Waals surface area contributed by atoms with Crippen molar-refractivity contribution in [2.45, 2.75) is 18.6 Å². The first kappa shape index (κ1) is 23.8. The summed E-state index contributed by atoms with van der Waals surface area (Å²) in [7, 11) is 1.62. The van der Waals surface area contributed by atoms with Gasteiger partial charge in [-0.15, -0.1) is 10.2 Å². The largest absolute Gasteiger partial charge is 0.506 e. The minimum Gasteiger partial charge on any atom is -0.506 e. The van der Waals surface area contributed by atoms with Crippen LogP contribution in [0.25, 0.3) is 11.4 Å². The Labute approximate surface area is 211 Å². The monoisotopic (exact) mass is 663 g/mol. The second-order valence-electron chi connectivity index (χ2n) is 6.19. The van der Waals surface area contributed by atoms with Gasteiger partial charge in [0.1, 0.15) is 11.5 Å². The zero-order valence-electron chi connectivity index (χ0n) is 16.7. The summed E-state index contributed by atoms with van der Waals surface area (Å²) in [6, 6.07) is 11.2. The molecule has 31 heavy (non-hydrogen) atoms. The summed E-state index contributed by atoms with van der Waals surface area (Å²) in [6.45, 7) is 2.67. The number of hydrogen-bond donors (Lipinski definition) is 2. The van der Waals surface area contributed by atoms with Crippen LogP contribution in [0.1, 0.15) is 12.5 Å². The third kappa shape index (κ3) is 6.10. The first-order valence-corrected chi connectivity index (χ1v) is 12.3. The smallest absolute Gasteiger partial charge is 0.250 e.